The number of carbonyl (C=O) groups excluding carboxylic acids is 3. The van der Waals surface area contributed by atoms with Crippen LogP contribution < -0.4 is 5.73 Å². The first-order valence-corrected chi connectivity index (χ1v) is 5.84. The molecule has 2 N–H and O–H groups in total. The zero-order chi connectivity index (χ0) is 13.1. The number of carbonyl (C=O) groups is 3. The lowest BCUT2D eigenvalue weighted by atomic mass is 10.3. The maximum atomic E-state index is 11.8. The zero-order valence-electron chi connectivity index (χ0n) is 9.20. The van der Waals surface area contributed by atoms with Gasteiger partial charge in [-0.1, -0.05) is 6.07 Å². The van der Waals surface area contributed by atoms with Gasteiger partial charge in [-0.05, 0) is 30.0 Å². The van der Waals surface area contributed by atoms with Crippen molar-refractivity contribution in [2.24, 2.45) is 5.73 Å². The van der Waals surface area contributed by atoms with Crippen LogP contribution in [0.1, 0.15) is 5.69 Å². The first kappa shape index (κ1) is 12.3. The van der Waals surface area contributed by atoms with Gasteiger partial charge in [0, 0.05) is 6.20 Å². The highest BCUT2D eigenvalue weighted by molar-refractivity contribution is 8.18. The van der Waals surface area contributed by atoms with Crippen LogP contribution in [-0.2, 0) is 9.59 Å². The number of nitrogens with zero attached hydrogens (tertiary/aromatic N) is 2. The van der Waals surface area contributed by atoms with Gasteiger partial charge in [0.15, 0.2) is 0 Å². The normalized spacial score (nSPS) is 17.6. The van der Waals surface area contributed by atoms with Crippen molar-refractivity contribution >= 4 is 34.9 Å². The van der Waals surface area contributed by atoms with Crippen LogP contribution in [0.15, 0.2) is 29.3 Å². The summed E-state index contributed by atoms with van der Waals surface area (Å²) in [6.07, 6.45) is 3.09. The van der Waals surface area contributed by atoms with Crippen molar-refractivity contribution in [3.8, 4) is 0 Å². The second-order valence-corrected chi connectivity index (χ2v) is 4.48. The van der Waals surface area contributed by atoms with Crippen LogP contribution in [0.5, 0.6) is 0 Å². The van der Waals surface area contributed by atoms with Gasteiger partial charge in [-0.3, -0.25) is 24.3 Å². The van der Waals surface area contributed by atoms with Gasteiger partial charge in [0.1, 0.15) is 6.54 Å². The largest absolute Gasteiger partial charge is 0.368 e. The van der Waals surface area contributed by atoms with Crippen LogP contribution in [0, 0.1) is 0 Å². The first-order chi connectivity index (χ1) is 8.58. The molecule has 0 radical (unpaired) electrons. The van der Waals surface area contributed by atoms with Crippen molar-refractivity contribution in [1.29, 1.82) is 0 Å². The lowest BCUT2D eigenvalue weighted by Crippen LogP contribution is -2.36. The number of imide groups is 1. The van der Waals surface area contributed by atoms with Gasteiger partial charge < -0.3 is 5.73 Å². The summed E-state index contributed by atoms with van der Waals surface area (Å²) in [5.74, 6) is -1.24. The van der Waals surface area contributed by atoms with Crippen molar-refractivity contribution < 1.29 is 14.4 Å². The van der Waals surface area contributed by atoms with E-state index in [1.54, 1.807) is 24.4 Å². The molecule has 1 aliphatic rings. The minimum absolute atomic E-state index is 0.236. The average molecular weight is 263 g/mol. The van der Waals surface area contributed by atoms with Gasteiger partial charge >= 0.3 is 0 Å². The molecule has 1 fully saturated rings. The highest BCUT2D eigenvalue weighted by Gasteiger charge is 2.35. The van der Waals surface area contributed by atoms with E-state index in [0.29, 0.717) is 5.69 Å². The van der Waals surface area contributed by atoms with E-state index in [1.165, 1.54) is 6.08 Å². The molecule has 0 spiro atoms. The Bertz CT molecular complexity index is 542. The standard InChI is InChI=1S/C11H9N3O3S/c12-9(15)6-14-10(16)8(18-11(14)17)5-7-3-1-2-4-13-7/h1-5H,6H2,(H2,12,15)/b8-5-. The summed E-state index contributed by atoms with van der Waals surface area (Å²) in [5.41, 5.74) is 5.54. The number of thioether (sulfide) groups is 1. The van der Waals surface area contributed by atoms with E-state index in [0.717, 1.165) is 16.7 Å². The third-order valence-corrected chi connectivity index (χ3v) is 3.06. The van der Waals surface area contributed by atoms with Crippen molar-refractivity contribution in [2.45, 2.75) is 0 Å². The summed E-state index contributed by atoms with van der Waals surface area (Å²) < 4.78 is 0. The Morgan fingerprint density at radius 3 is 2.83 bits per heavy atom. The molecule has 2 heterocycles. The van der Waals surface area contributed by atoms with Gasteiger partial charge in [-0.15, -0.1) is 0 Å². The number of nitrogens with two attached hydrogens (primary N) is 1. The van der Waals surface area contributed by atoms with E-state index in [2.05, 4.69) is 4.98 Å². The van der Waals surface area contributed by atoms with E-state index >= 15 is 0 Å². The molecule has 18 heavy (non-hydrogen) atoms. The number of aromatic nitrogens is 1. The Balaban J connectivity index is 2.23. The maximum absolute atomic E-state index is 11.8. The Morgan fingerprint density at radius 1 is 1.44 bits per heavy atom. The fourth-order valence-electron chi connectivity index (χ4n) is 1.39. The predicted molar refractivity (Wildman–Crippen MR) is 66.1 cm³/mol. The van der Waals surface area contributed by atoms with Gasteiger partial charge in [0.05, 0.1) is 10.6 Å². The number of pyridine rings is 1. The third-order valence-electron chi connectivity index (χ3n) is 2.15. The van der Waals surface area contributed by atoms with Crippen molar-refractivity contribution in [3.05, 3.63) is 35.0 Å². The lowest BCUT2D eigenvalue weighted by molar-refractivity contribution is -0.127. The minimum atomic E-state index is -0.726. The molecule has 2 rings (SSSR count). The molecule has 1 aliphatic heterocycles. The van der Waals surface area contributed by atoms with Crippen LogP contribution in [-0.4, -0.2) is 33.5 Å². The molecule has 1 aromatic rings. The number of hydrogen-bond acceptors (Lipinski definition) is 5. The van der Waals surface area contributed by atoms with E-state index in [9.17, 15) is 14.4 Å². The summed E-state index contributed by atoms with van der Waals surface area (Å²) in [6, 6.07) is 5.23. The van der Waals surface area contributed by atoms with Gasteiger partial charge in [-0.25, -0.2) is 0 Å². The van der Waals surface area contributed by atoms with Gasteiger partial charge in [-0.2, -0.15) is 0 Å². The lowest BCUT2D eigenvalue weighted by Gasteiger charge is -2.08. The molecular weight excluding hydrogens is 254 g/mol. The molecule has 3 amide bonds. The molecule has 6 nitrogen and oxygen atoms in total. The van der Waals surface area contributed by atoms with E-state index in [4.69, 9.17) is 5.73 Å². The fraction of sp³-hybridized carbons (Fsp3) is 0.0909. The Kier molecular flexibility index (Phi) is 3.42. The molecular formula is C11H9N3O3S. The Morgan fingerprint density at radius 2 is 2.22 bits per heavy atom. The summed E-state index contributed by atoms with van der Waals surface area (Å²) in [6.45, 7) is -0.399. The molecule has 0 atom stereocenters. The van der Waals surface area contributed by atoms with Gasteiger partial charge in [0.2, 0.25) is 5.91 Å². The van der Waals surface area contributed by atoms with Crippen molar-refractivity contribution in [2.75, 3.05) is 6.54 Å². The van der Waals surface area contributed by atoms with Crippen LogP contribution in [0.2, 0.25) is 0 Å². The van der Waals surface area contributed by atoms with Crippen molar-refractivity contribution in [3.63, 3.8) is 0 Å². The molecule has 0 unspecified atom stereocenters. The second kappa shape index (κ2) is 5.01. The first-order valence-electron chi connectivity index (χ1n) is 5.02. The summed E-state index contributed by atoms with van der Waals surface area (Å²) >= 11 is 0.769. The third kappa shape index (κ3) is 2.57. The molecule has 92 valence electrons. The number of amides is 3. The molecule has 0 aromatic carbocycles. The van der Waals surface area contributed by atoms with Crippen LogP contribution in [0.25, 0.3) is 6.08 Å². The van der Waals surface area contributed by atoms with Crippen LogP contribution in [0.4, 0.5) is 4.79 Å². The topological polar surface area (TPSA) is 93.4 Å². The van der Waals surface area contributed by atoms with Crippen LogP contribution >= 0.6 is 11.8 Å². The second-order valence-electron chi connectivity index (χ2n) is 3.49. The number of primary amides is 1. The van der Waals surface area contributed by atoms with Gasteiger partial charge in [0.25, 0.3) is 11.1 Å². The highest BCUT2D eigenvalue weighted by atomic mass is 32.2. The zero-order valence-corrected chi connectivity index (χ0v) is 10.0. The van der Waals surface area contributed by atoms with E-state index < -0.39 is 23.6 Å². The highest BCUT2D eigenvalue weighted by Crippen LogP contribution is 2.31. The van der Waals surface area contributed by atoms with E-state index in [1.807, 2.05) is 0 Å². The molecule has 1 aromatic heterocycles. The summed E-state index contributed by atoms with van der Waals surface area (Å²) in [5, 5.41) is -0.499. The number of hydrogen-bond donors (Lipinski definition) is 1. The Labute approximate surface area is 107 Å². The van der Waals surface area contributed by atoms with Crippen LogP contribution in [0.3, 0.4) is 0 Å². The summed E-state index contributed by atoms with van der Waals surface area (Å²) in [7, 11) is 0. The maximum Gasteiger partial charge on any atom is 0.294 e. The summed E-state index contributed by atoms with van der Waals surface area (Å²) in [4.78, 5) is 39.2. The molecule has 0 bridgehead atoms. The molecule has 7 heteroatoms. The fourth-order valence-corrected chi connectivity index (χ4v) is 2.21. The quantitative estimate of drug-likeness (QED) is 0.806. The minimum Gasteiger partial charge on any atom is -0.368 e. The molecule has 1 saturated heterocycles. The molecule has 0 aliphatic carbocycles. The average Bonchev–Trinajstić information content (AvgIpc) is 2.58. The monoisotopic (exact) mass is 263 g/mol. The molecule has 0 saturated carbocycles. The van der Waals surface area contributed by atoms with Crippen molar-refractivity contribution in [1.82, 2.24) is 9.88 Å². The smallest absolute Gasteiger partial charge is 0.294 e. The predicted octanol–water partition coefficient (Wildman–Crippen LogP) is 0.603. The number of rotatable bonds is 3. The Hall–Kier alpha value is -2.15. The SMILES string of the molecule is NC(=O)CN1C(=O)S/C(=C\c2ccccn2)C1=O. The van der Waals surface area contributed by atoms with E-state index in [-0.39, 0.29) is 4.91 Å².